The number of aliphatic hydroxyl groups excluding tert-OH is 1. The van der Waals surface area contributed by atoms with Gasteiger partial charge in [0.1, 0.15) is 0 Å². The Morgan fingerprint density at radius 3 is 2.56 bits per heavy atom. The van der Waals surface area contributed by atoms with Crippen LogP contribution in [0.5, 0.6) is 0 Å². The number of hydrogen-bond acceptors (Lipinski definition) is 4. The minimum absolute atomic E-state index is 0.0339. The van der Waals surface area contributed by atoms with Crippen LogP contribution in [-0.4, -0.2) is 42.5 Å². The third kappa shape index (κ3) is 3.66. The molecule has 1 heterocycles. The second-order valence-corrected chi connectivity index (χ2v) is 5.81. The van der Waals surface area contributed by atoms with Gasteiger partial charge in [-0.2, -0.15) is 4.31 Å². The van der Waals surface area contributed by atoms with Crippen LogP contribution in [0.4, 0.5) is 0 Å². The number of aliphatic hydroxyl groups is 1. The number of sulfonamides is 1. The Morgan fingerprint density at radius 2 is 2.06 bits per heavy atom. The Morgan fingerprint density at radius 1 is 1.33 bits per heavy atom. The highest BCUT2D eigenvalue weighted by Crippen LogP contribution is 2.13. The first-order valence-electron chi connectivity index (χ1n) is 5.82. The van der Waals surface area contributed by atoms with Gasteiger partial charge in [-0.3, -0.25) is 4.79 Å². The van der Waals surface area contributed by atoms with E-state index < -0.39 is 10.0 Å². The lowest BCUT2D eigenvalue weighted by Crippen LogP contribution is -2.34. The van der Waals surface area contributed by atoms with Gasteiger partial charge in [-0.05, 0) is 12.5 Å². The van der Waals surface area contributed by atoms with Crippen molar-refractivity contribution in [3.8, 4) is 0 Å². The van der Waals surface area contributed by atoms with Crippen molar-refractivity contribution in [2.75, 3.05) is 19.7 Å². The lowest BCUT2D eigenvalue weighted by molar-refractivity contribution is 0.252. The average Bonchev–Trinajstić information content (AvgIpc) is 2.35. The van der Waals surface area contributed by atoms with Crippen LogP contribution in [0, 0.1) is 0 Å². The average molecular weight is 274 g/mol. The highest BCUT2D eigenvalue weighted by Gasteiger charge is 2.23. The summed E-state index contributed by atoms with van der Waals surface area (Å²) in [5, 5.41) is 8.93. The third-order valence-electron chi connectivity index (χ3n) is 2.50. The van der Waals surface area contributed by atoms with Crippen molar-refractivity contribution in [1.29, 1.82) is 0 Å². The lowest BCUT2D eigenvalue weighted by Gasteiger charge is -2.20. The molecule has 1 rings (SSSR count). The molecule has 2 N–H and O–H groups in total. The second kappa shape index (κ2) is 6.67. The maximum absolute atomic E-state index is 12.2. The number of hydrogen-bond donors (Lipinski definition) is 2. The quantitative estimate of drug-likeness (QED) is 0.741. The normalized spacial score (nSPS) is 11.9. The highest BCUT2D eigenvalue weighted by atomic mass is 32.2. The van der Waals surface area contributed by atoms with E-state index in [4.69, 9.17) is 5.11 Å². The third-order valence-corrected chi connectivity index (χ3v) is 4.40. The van der Waals surface area contributed by atoms with Gasteiger partial charge >= 0.3 is 0 Å². The molecule has 18 heavy (non-hydrogen) atoms. The molecule has 0 aliphatic heterocycles. The first kappa shape index (κ1) is 14.9. The number of H-pyrrole nitrogens is 1. The minimum Gasteiger partial charge on any atom is -0.395 e. The second-order valence-electron chi connectivity index (χ2n) is 3.87. The van der Waals surface area contributed by atoms with Gasteiger partial charge in [-0.1, -0.05) is 13.3 Å². The van der Waals surface area contributed by atoms with Crippen LogP contribution in [0.3, 0.4) is 0 Å². The zero-order valence-corrected chi connectivity index (χ0v) is 11.1. The smallest absolute Gasteiger partial charge is 0.247 e. The van der Waals surface area contributed by atoms with E-state index >= 15 is 0 Å². The predicted molar refractivity (Wildman–Crippen MR) is 67.8 cm³/mol. The molecule has 0 atom stereocenters. The number of aromatic amines is 1. The minimum atomic E-state index is -3.65. The summed E-state index contributed by atoms with van der Waals surface area (Å²) in [6, 6.07) is 2.44. The molecule has 0 unspecified atom stereocenters. The summed E-state index contributed by atoms with van der Waals surface area (Å²) in [6.45, 7) is 2.15. The molecule has 0 bridgehead atoms. The van der Waals surface area contributed by atoms with Gasteiger partial charge in [0.2, 0.25) is 15.6 Å². The summed E-state index contributed by atoms with van der Waals surface area (Å²) in [5.74, 6) is 0. The Bertz CT molecular complexity index is 504. The van der Waals surface area contributed by atoms with E-state index in [0.29, 0.717) is 6.54 Å². The molecule has 0 amide bonds. The molecule has 0 spiro atoms. The number of rotatable bonds is 7. The molecule has 102 valence electrons. The predicted octanol–water partition coefficient (Wildman–Crippen LogP) is 0.158. The van der Waals surface area contributed by atoms with E-state index in [9.17, 15) is 13.2 Å². The summed E-state index contributed by atoms with van der Waals surface area (Å²) in [4.78, 5) is 13.3. The Balaban J connectivity index is 3.00. The number of aromatic nitrogens is 1. The number of nitrogens with one attached hydrogen (secondary N) is 1. The van der Waals surface area contributed by atoms with Crippen LogP contribution in [0.1, 0.15) is 19.8 Å². The van der Waals surface area contributed by atoms with Crippen molar-refractivity contribution < 1.29 is 13.5 Å². The zero-order valence-electron chi connectivity index (χ0n) is 10.3. The molecular weight excluding hydrogens is 256 g/mol. The van der Waals surface area contributed by atoms with Crippen molar-refractivity contribution in [2.45, 2.75) is 24.7 Å². The number of unbranched alkanes of at least 4 members (excludes halogenated alkanes) is 1. The molecule has 0 radical (unpaired) electrons. The first-order chi connectivity index (χ1) is 8.52. The van der Waals surface area contributed by atoms with Gasteiger partial charge < -0.3 is 10.1 Å². The van der Waals surface area contributed by atoms with Crippen LogP contribution >= 0.6 is 0 Å². The highest BCUT2D eigenvalue weighted by molar-refractivity contribution is 7.89. The molecule has 0 aliphatic carbocycles. The van der Waals surface area contributed by atoms with Gasteiger partial charge in [0.05, 0.1) is 11.5 Å². The van der Waals surface area contributed by atoms with Crippen molar-refractivity contribution in [2.24, 2.45) is 0 Å². The van der Waals surface area contributed by atoms with Gasteiger partial charge in [0.25, 0.3) is 0 Å². The van der Waals surface area contributed by atoms with Crippen molar-refractivity contribution in [3.63, 3.8) is 0 Å². The van der Waals surface area contributed by atoms with Gasteiger partial charge in [-0.25, -0.2) is 8.42 Å². The molecule has 6 nitrogen and oxygen atoms in total. The van der Waals surface area contributed by atoms with Crippen LogP contribution < -0.4 is 5.56 Å². The monoisotopic (exact) mass is 274 g/mol. The summed E-state index contributed by atoms with van der Waals surface area (Å²) >= 11 is 0. The maximum atomic E-state index is 12.2. The van der Waals surface area contributed by atoms with Gasteiger partial charge in [0.15, 0.2) is 0 Å². The van der Waals surface area contributed by atoms with Crippen LogP contribution in [0.15, 0.2) is 28.0 Å². The zero-order chi connectivity index (χ0) is 13.6. The van der Waals surface area contributed by atoms with E-state index in [1.165, 1.54) is 22.6 Å². The Kier molecular flexibility index (Phi) is 5.52. The van der Waals surface area contributed by atoms with Crippen LogP contribution in [0.2, 0.25) is 0 Å². The van der Waals surface area contributed by atoms with Gasteiger partial charge in [-0.15, -0.1) is 0 Å². The topological polar surface area (TPSA) is 90.5 Å². The molecule has 0 saturated carbocycles. The Labute approximate surface area is 106 Å². The number of pyridine rings is 1. The van der Waals surface area contributed by atoms with E-state index in [2.05, 4.69) is 4.98 Å². The fourth-order valence-corrected chi connectivity index (χ4v) is 2.94. The summed E-state index contributed by atoms with van der Waals surface area (Å²) in [5.41, 5.74) is -0.351. The SMILES string of the molecule is CCCCN(CCO)S(=O)(=O)c1ccc(=O)[nH]c1. The fourth-order valence-electron chi connectivity index (χ4n) is 1.50. The summed E-state index contributed by atoms with van der Waals surface area (Å²) < 4.78 is 25.7. The lowest BCUT2D eigenvalue weighted by atomic mass is 10.3. The Hall–Kier alpha value is -1.18. The van der Waals surface area contributed by atoms with E-state index in [0.717, 1.165) is 12.8 Å². The molecule has 0 fully saturated rings. The number of nitrogens with zero attached hydrogens (tertiary/aromatic N) is 1. The van der Waals surface area contributed by atoms with Crippen LogP contribution in [-0.2, 0) is 10.0 Å². The molecule has 0 aromatic carbocycles. The van der Waals surface area contributed by atoms with Crippen molar-refractivity contribution in [1.82, 2.24) is 9.29 Å². The van der Waals surface area contributed by atoms with Gasteiger partial charge in [0, 0.05) is 25.4 Å². The molecule has 0 aliphatic rings. The molecular formula is C11H18N2O4S. The summed E-state index contributed by atoms with van der Waals surface area (Å²) in [6.07, 6.45) is 2.76. The van der Waals surface area contributed by atoms with E-state index in [1.54, 1.807) is 0 Å². The molecule has 1 aromatic heterocycles. The van der Waals surface area contributed by atoms with Crippen molar-refractivity contribution in [3.05, 3.63) is 28.7 Å². The summed E-state index contributed by atoms with van der Waals surface area (Å²) in [7, 11) is -3.65. The standard InChI is InChI=1S/C11H18N2O4S/c1-2-3-6-13(7-8-14)18(16,17)10-4-5-11(15)12-9-10/h4-5,9,14H,2-3,6-8H2,1H3,(H,12,15). The maximum Gasteiger partial charge on any atom is 0.247 e. The largest absolute Gasteiger partial charge is 0.395 e. The van der Waals surface area contributed by atoms with Crippen LogP contribution in [0.25, 0.3) is 0 Å². The fraction of sp³-hybridized carbons (Fsp3) is 0.545. The van der Waals surface area contributed by atoms with E-state index in [1.807, 2.05) is 6.92 Å². The molecule has 7 heteroatoms. The first-order valence-corrected chi connectivity index (χ1v) is 7.26. The van der Waals surface area contributed by atoms with E-state index in [-0.39, 0.29) is 23.6 Å². The molecule has 0 saturated heterocycles. The van der Waals surface area contributed by atoms with Crippen molar-refractivity contribution >= 4 is 10.0 Å². The molecule has 1 aromatic rings.